The number of carbonyl (C=O) groups is 1. The molecule has 0 rings (SSSR count). The molecule has 70 valence electrons. The summed E-state index contributed by atoms with van der Waals surface area (Å²) in [5.41, 5.74) is 0. The van der Waals surface area contributed by atoms with Crippen LogP contribution in [0.4, 0.5) is 0 Å². The summed E-state index contributed by atoms with van der Waals surface area (Å²) in [7, 11) is 1.30. The van der Waals surface area contributed by atoms with E-state index in [4.69, 9.17) is 15.3 Å². The highest BCUT2D eigenvalue weighted by Gasteiger charge is 2.07. The van der Waals surface area contributed by atoms with E-state index in [1.807, 2.05) is 0 Å². The van der Waals surface area contributed by atoms with Gasteiger partial charge in [0.1, 0.15) is 5.76 Å². The minimum absolute atomic E-state index is 0.000694. The monoisotopic (exact) mass is 176 g/mol. The van der Waals surface area contributed by atoms with E-state index >= 15 is 0 Å². The Balaban J connectivity index is 4.08. The van der Waals surface area contributed by atoms with Crippen molar-refractivity contribution in [2.75, 3.05) is 13.7 Å². The van der Waals surface area contributed by atoms with Crippen LogP contribution in [0.25, 0.3) is 0 Å². The molecule has 1 atom stereocenters. The highest BCUT2D eigenvalue weighted by atomic mass is 16.5. The van der Waals surface area contributed by atoms with Gasteiger partial charge >= 0.3 is 5.97 Å². The lowest BCUT2D eigenvalue weighted by atomic mass is 10.2. The average molecular weight is 176 g/mol. The van der Waals surface area contributed by atoms with E-state index in [9.17, 15) is 4.79 Å². The molecule has 3 N–H and O–H groups in total. The topological polar surface area (TPSA) is 87.0 Å². The number of aliphatic hydroxyl groups is 2. The zero-order valence-corrected chi connectivity index (χ0v) is 6.73. The van der Waals surface area contributed by atoms with Crippen molar-refractivity contribution >= 4 is 5.97 Å². The largest absolute Gasteiger partial charge is 0.501 e. The molecular weight excluding hydrogens is 164 g/mol. The number of aliphatic hydroxyl groups excluding tert-OH is 2. The summed E-state index contributed by atoms with van der Waals surface area (Å²) in [5, 5.41) is 25.6. The van der Waals surface area contributed by atoms with Crippen LogP contribution < -0.4 is 0 Å². The van der Waals surface area contributed by atoms with E-state index in [0.717, 1.165) is 6.08 Å². The molecule has 0 amide bonds. The van der Waals surface area contributed by atoms with Gasteiger partial charge < -0.3 is 20.1 Å². The molecule has 0 fully saturated rings. The maximum absolute atomic E-state index is 10.1. The quantitative estimate of drug-likeness (QED) is 0.382. The maximum atomic E-state index is 10.1. The zero-order chi connectivity index (χ0) is 9.56. The van der Waals surface area contributed by atoms with Crippen LogP contribution in [0.5, 0.6) is 0 Å². The van der Waals surface area contributed by atoms with Gasteiger partial charge in [0.2, 0.25) is 0 Å². The van der Waals surface area contributed by atoms with Crippen LogP contribution in [0.1, 0.15) is 6.42 Å². The normalized spacial score (nSPS) is 14.1. The molecule has 0 aliphatic rings. The molecule has 5 nitrogen and oxygen atoms in total. The van der Waals surface area contributed by atoms with Crippen LogP contribution in [0.3, 0.4) is 0 Å². The first-order chi connectivity index (χ1) is 5.60. The summed E-state index contributed by atoms with van der Waals surface area (Å²) in [6, 6.07) is 0. The van der Waals surface area contributed by atoms with Gasteiger partial charge in [-0.05, 0) is 0 Å². The Morgan fingerprint density at radius 3 is 2.58 bits per heavy atom. The molecule has 0 spiro atoms. The smallest absolute Gasteiger partial charge is 0.331 e. The molecule has 0 aliphatic carbocycles. The molecule has 0 aromatic heterocycles. The van der Waals surface area contributed by atoms with Crippen LogP contribution in [-0.2, 0) is 9.53 Å². The van der Waals surface area contributed by atoms with Gasteiger partial charge in [0.25, 0.3) is 0 Å². The van der Waals surface area contributed by atoms with E-state index in [1.54, 1.807) is 0 Å². The number of carboxylic acid groups (broad SMARTS) is 1. The Labute approximate surface area is 69.9 Å². The molecule has 0 aromatic rings. The molecule has 0 aliphatic heterocycles. The SMILES string of the molecule is CO/C(=C/C(=O)O)C[C@@H](O)CO. The molecule has 0 aromatic carbocycles. The maximum Gasteiger partial charge on any atom is 0.331 e. The number of aliphatic carboxylic acids is 1. The average Bonchev–Trinajstić information content (AvgIpc) is 2.02. The molecule has 0 bridgehead atoms. The van der Waals surface area contributed by atoms with Crippen molar-refractivity contribution in [1.82, 2.24) is 0 Å². The van der Waals surface area contributed by atoms with Crippen LogP contribution in [0.2, 0.25) is 0 Å². The van der Waals surface area contributed by atoms with E-state index in [2.05, 4.69) is 4.74 Å². The highest BCUT2D eigenvalue weighted by molar-refractivity contribution is 5.80. The van der Waals surface area contributed by atoms with E-state index in [0.29, 0.717) is 0 Å². The molecule has 5 heteroatoms. The van der Waals surface area contributed by atoms with Crippen molar-refractivity contribution in [2.24, 2.45) is 0 Å². The molecule has 0 unspecified atom stereocenters. The summed E-state index contributed by atoms with van der Waals surface area (Å²) < 4.78 is 4.64. The van der Waals surface area contributed by atoms with E-state index < -0.39 is 18.7 Å². The Bertz CT molecular complexity index is 175. The first-order valence-electron chi connectivity index (χ1n) is 3.36. The van der Waals surface area contributed by atoms with Crippen LogP contribution in [0, 0.1) is 0 Å². The summed E-state index contributed by atoms with van der Waals surface area (Å²) >= 11 is 0. The minimum Gasteiger partial charge on any atom is -0.501 e. The summed E-state index contributed by atoms with van der Waals surface area (Å²) in [4.78, 5) is 10.1. The second-order valence-electron chi connectivity index (χ2n) is 2.19. The molecular formula is C7H12O5. The fraction of sp³-hybridized carbons (Fsp3) is 0.571. The number of hydrogen-bond acceptors (Lipinski definition) is 4. The lowest BCUT2D eigenvalue weighted by Gasteiger charge is -2.08. The van der Waals surface area contributed by atoms with Crippen molar-refractivity contribution < 1.29 is 24.9 Å². The van der Waals surface area contributed by atoms with Gasteiger partial charge in [-0.1, -0.05) is 0 Å². The number of methoxy groups -OCH3 is 1. The minimum atomic E-state index is -1.14. The van der Waals surface area contributed by atoms with E-state index in [1.165, 1.54) is 7.11 Å². The van der Waals surface area contributed by atoms with E-state index in [-0.39, 0.29) is 12.2 Å². The summed E-state index contributed by atoms with van der Waals surface area (Å²) in [6.45, 7) is -0.416. The molecule has 0 radical (unpaired) electrons. The van der Waals surface area contributed by atoms with Gasteiger partial charge in [0, 0.05) is 6.42 Å². The first-order valence-corrected chi connectivity index (χ1v) is 3.36. The predicted octanol–water partition coefficient (Wildman–Crippen LogP) is -0.655. The Morgan fingerprint density at radius 2 is 2.25 bits per heavy atom. The van der Waals surface area contributed by atoms with Gasteiger partial charge in [-0.25, -0.2) is 4.79 Å². The van der Waals surface area contributed by atoms with Gasteiger partial charge in [-0.15, -0.1) is 0 Å². The third kappa shape index (κ3) is 4.70. The second-order valence-corrected chi connectivity index (χ2v) is 2.19. The fourth-order valence-electron chi connectivity index (χ4n) is 0.636. The van der Waals surface area contributed by atoms with Gasteiger partial charge in [-0.2, -0.15) is 0 Å². The molecule has 12 heavy (non-hydrogen) atoms. The third-order valence-electron chi connectivity index (χ3n) is 1.19. The predicted molar refractivity (Wildman–Crippen MR) is 40.4 cm³/mol. The van der Waals surface area contributed by atoms with Crippen molar-refractivity contribution in [1.29, 1.82) is 0 Å². The van der Waals surface area contributed by atoms with Gasteiger partial charge in [0.05, 0.1) is 25.9 Å². The van der Waals surface area contributed by atoms with Crippen molar-refractivity contribution in [3.05, 3.63) is 11.8 Å². The van der Waals surface area contributed by atoms with Gasteiger partial charge in [0.15, 0.2) is 0 Å². The fourth-order valence-corrected chi connectivity index (χ4v) is 0.636. The standard InChI is InChI=1S/C7H12O5/c1-12-6(3-7(10)11)2-5(9)4-8/h3,5,8-9H,2,4H2,1H3,(H,10,11)/b6-3+/t5-/m1/s1. The molecule has 0 saturated carbocycles. The van der Waals surface area contributed by atoms with Crippen LogP contribution in [-0.4, -0.2) is 41.1 Å². The first kappa shape index (κ1) is 10.9. The number of carboxylic acids is 1. The number of ether oxygens (including phenoxy) is 1. The summed E-state index contributed by atoms with van der Waals surface area (Å²) in [5.74, 6) is -1.01. The summed E-state index contributed by atoms with van der Waals surface area (Å²) in [6.07, 6.45) is -0.131. The Kier molecular flexibility index (Phi) is 5.07. The number of hydrogen-bond donors (Lipinski definition) is 3. The second kappa shape index (κ2) is 5.56. The Morgan fingerprint density at radius 1 is 1.67 bits per heavy atom. The van der Waals surface area contributed by atoms with Crippen LogP contribution in [0.15, 0.2) is 11.8 Å². The molecule has 0 saturated heterocycles. The lowest BCUT2D eigenvalue weighted by Crippen LogP contribution is -2.13. The molecule has 0 heterocycles. The zero-order valence-electron chi connectivity index (χ0n) is 6.73. The van der Waals surface area contributed by atoms with Crippen LogP contribution >= 0.6 is 0 Å². The van der Waals surface area contributed by atoms with Crippen molar-refractivity contribution in [3.8, 4) is 0 Å². The van der Waals surface area contributed by atoms with Crippen molar-refractivity contribution in [3.63, 3.8) is 0 Å². The highest BCUT2D eigenvalue weighted by Crippen LogP contribution is 2.05. The van der Waals surface area contributed by atoms with Gasteiger partial charge in [-0.3, -0.25) is 0 Å². The van der Waals surface area contributed by atoms with Crippen molar-refractivity contribution in [2.45, 2.75) is 12.5 Å². The Hall–Kier alpha value is -1.07. The number of rotatable bonds is 5. The lowest BCUT2D eigenvalue weighted by molar-refractivity contribution is -0.131. The third-order valence-corrected chi connectivity index (χ3v) is 1.19.